The summed E-state index contributed by atoms with van der Waals surface area (Å²) in [4.78, 5) is 38.3. The van der Waals surface area contributed by atoms with E-state index in [0.29, 0.717) is 25.7 Å². The van der Waals surface area contributed by atoms with E-state index < -0.39 is 6.10 Å². The minimum absolute atomic E-state index is 0.108. The van der Waals surface area contributed by atoms with Gasteiger partial charge in [0.1, 0.15) is 13.2 Å². The minimum Gasteiger partial charge on any atom is -0.462 e. The predicted octanol–water partition coefficient (Wildman–Crippen LogP) is 20.8. The van der Waals surface area contributed by atoms with E-state index in [1.165, 1.54) is 64.2 Å². The maximum Gasteiger partial charge on any atom is 0.306 e. The molecule has 6 nitrogen and oxygen atoms in total. The van der Waals surface area contributed by atoms with Crippen LogP contribution in [0.2, 0.25) is 0 Å². The quantitative estimate of drug-likeness (QED) is 0.0261. The molecule has 1 unspecified atom stereocenters. The Bertz CT molecular complexity index is 1660. The third-order valence-corrected chi connectivity index (χ3v) is 12.3. The standard InChI is InChI=1S/C69H110O6/c1-4-7-10-13-16-19-22-25-28-30-32-33-34-35-37-38-41-44-47-50-53-56-59-62-68(71)74-65-66(64-73-67(70)61-58-55-52-49-46-43-40-27-24-21-18-15-12-9-6-3)75-69(72)63-60-57-54-51-48-45-42-39-36-31-29-26-23-20-17-14-11-8-5-2/h7,9-10,12,16-21,25-29,32-33,35-37,39-40,46,49,66H,4-6,8,11,13-15,22-24,30-31,34,38,41-45,47-48,50-65H2,1-3H3/b10-7-,12-9-,19-16-,20-17-,21-18-,28-25-,29-26-,33-32-,37-35-,39-36-,40-27-,49-46-. The van der Waals surface area contributed by atoms with Crippen LogP contribution in [0.4, 0.5) is 0 Å². The van der Waals surface area contributed by atoms with Crippen LogP contribution < -0.4 is 0 Å². The summed E-state index contributed by atoms with van der Waals surface area (Å²) in [6.45, 7) is 6.32. The van der Waals surface area contributed by atoms with E-state index in [4.69, 9.17) is 14.2 Å². The fourth-order valence-corrected chi connectivity index (χ4v) is 7.82. The molecule has 0 heterocycles. The first-order chi connectivity index (χ1) is 37.0. The lowest BCUT2D eigenvalue weighted by Gasteiger charge is -2.18. The average Bonchev–Trinajstić information content (AvgIpc) is 3.41. The van der Waals surface area contributed by atoms with E-state index in [9.17, 15) is 14.4 Å². The molecule has 0 fully saturated rings. The van der Waals surface area contributed by atoms with Crippen molar-refractivity contribution in [2.45, 2.75) is 258 Å². The van der Waals surface area contributed by atoms with Gasteiger partial charge >= 0.3 is 17.9 Å². The number of ether oxygens (including phenoxy) is 3. The van der Waals surface area contributed by atoms with Crippen LogP contribution in [0.15, 0.2) is 146 Å². The molecule has 0 aliphatic rings. The summed E-state index contributed by atoms with van der Waals surface area (Å²) >= 11 is 0. The SMILES string of the molecule is CC/C=C\C/C=C\C/C=C\C/C=C\C/C=C\CCCCCCCCCC(=O)OCC(COC(=O)CCCC/C=C\C/C=C\C/C=C\C/C=C\CC)OC(=O)CCCCCCCC/C=C\C/C=C\C/C=C\CCCCC. The van der Waals surface area contributed by atoms with Crippen molar-refractivity contribution >= 4 is 17.9 Å². The van der Waals surface area contributed by atoms with Gasteiger partial charge in [-0.3, -0.25) is 14.4 Å². The largest absolute Gasteiger partial charge is 0.462 e. The molecule has 0 rings (SSSR count). The summed E-state index contributed by atoms with van der Waals surface area (Å²) in [6, 6.07) is 0. The average molecular weight is 1040 g/mol. The first-order valence-electron chi connectivity index (χ1n) is 30.3. The Morgan fingerprint density at radius 3 is 0.840 bits per heavy atom. The molecule has 1 atom stereocenters. The second kappa shape index (κ2) is 61.8. The van der Waals surface area contributed by atoms with Gasteiger partial charge in [0.25, 0.3) is 0 Å². The number of rotatable bonds is 53. The summed E-state index contributed by atoms with van der Waals surface area (Å²) in [7, 11) is 0. The van der Waals surface area contributed by atoms with Crippen molar-refractivity contribution in [2.24, 2.45) is 0 Å². The molecule has 422 valence electrons. The molecule has 6 heteroatoms. The Hall–Kier alpha value is -4.71. The van der Waals surface area contributed by atoms with Crippen molar-refractivity contribution in [3.05, 3.63) is 146 Å². The van der Waals surface area contributed by atoms with E-state index in [1.807, 2.05) is 0 Å². The number of carbonyl (C=O) groups excluding carboxylic acids is 3. The molecule has 75 heavy (non-hydrogen) atoms. The number of carbonyl (C=O) groups is 3. The highest BCUT2D eigenvalue weighted by atomic mass is 16.6. The lowest BCUT2D eigenvalue weighted by Crippen LogP contribution is -2.30. The van der Waals surface area contributed by atoms with Crippen LogP contribution >= 0.6 is 0 Å². The van der Waals surface area contributed by atoms with Crippen LogP contribution in [0, 0.1) is 0 Å². The van der Waals surface area contributed by atoms with Gasteiger partial charge in [-0.05, 0) is 141 Å². The van der Waals surface area contributed by atoms with E-state index in [-0.39, 0.29) is 31.1 Å². The summed E-state index contributed by atoms with van der Waals surface area (Å²) in [5.41, 5.74) is 0. The topological polar surface area (TPSA) is 78.9 Å². The number of unbranched alkanes of at least 4 members (excludes halogenated alkanes) is 18. The first-order valence-corrected chi connectivity index (χ1v) is 30.3. The Labute approximate surface area is 461 Å². The highest BCUT2D eigenvalue weighted by molar-refractivity contribution is 5.71. The molecule has 0 N–H and O–H groups in total. The zero-order chi connectivity index (χ0) is 54.3. The van der Waals surface area contributed by atoms with Crippen molar-refractivity contribution < 1.29 is 28.6 Å². The molecule has 0 aromatic heterocycles. The molecule has 0 spiro atoms. The van der Waals surface area contributed by atoms with Crippen molar-refractivity contribution in [1.29, 1.82) is 0 Å². The van der Waals surface area contributed by atoms with Crippen molar-refractivity contribution in [1.82, 2.24) is 0 Å². The third-order valence-electron chi connectivity index (χ3n) is 12.3. The van der Waals surface area contributed by atoms with E-state index in [1.54, 1.807) is 0 Å². The van der Waals surface area contributed by atoms with Crippen LogP contribution in [-0.4, -0.2) is 37.2 Å². The van der Waals surface area contributed by atoms with Gasteiger partial charge in [-0.2, -0.15) is 0 Å². The summed E-state index contributed by atoms with van der Waals surface area (Å²) in [5, 5.41) is 0. The molecule has 0 amide bonds. The van der Waals surface area contributed by atoms with Gasteiger partial charge in [-0.1, -0.05) is 237 Å². The zero-order valence-corrected chi connectivity index (χ0v) is 48.3. The third kappa shape index (κ3) is 60.0. The van der Waals surface area contributed by atoms with Crippen molar-refractivity contribution in [3.63, 3.8) is 0 Å². The van der Waals surface area contributed by atoms with E-state index in [0.717, 1.165) is 141 Å². The molecule has 0 aromatic rings. The van der Waals surface area contributed by atoms with Crippen molar-refractivity contribution in [3.8, 4) is 0 Å². The lowest BCUT2D eigenvalue weighted by atomic mass is 10.1. The van der Waals surface area contributed by atoms with Gasteiger partial charge in [0.2, 0.25) is 0 Å². The fraction of sp³-hybridized carbons (Fsp3) is 0.609. The molecule has 0 aliphatic carbocycles. The maximum atomic E-state index is 12.9. The van der Waals surface area contributed by atoms with Gasteiger partial charge in [0.15, 0.2) is 6.10 Å². The van der Waals surface area contributed by atoms with Crippen molar-refractivity contribution in [2.75, 3.05) is 13.2 Å². The molecule has 0 aromatic carbocycles. The van der Waals surface area contributed by atoms with Gasteiger partial charge in [0.05, 0.1) is 0 Å². The van der Waals surface area contributed by atoms with Crippen LogP contribution in [0.5, 0.6) is 0 Å². The molecule has 0 saturated carbocycles. The molecule has 0 aliphatic heterocycles. The minimum atomic E-state index is -0.815. The summed E-state index contributed by atoms with van der Waals surface area (Å²) in [5.74, 6) is -0.977. The van der Waals surface area contributed by atoms with Crippen LogP contribution in [0.25, 0.3) is 0 Å². The van der Waals surface area contributed by atoms with Crippen LogP contribution in [0.1, 0.15) is 252 Å². The summed E-state index contributed by atoms with van der Waals surface area (Å²) in [6.07, 6.45) is 88.4. The second-order valence-electron chi connectivity index (χ2n) is 19.5. The fourth-order valence-electron chi connectivity index (χ4n) is 7.82. The Kier molecular flexibility index (Phi) is 58.0. The number of allylic oxidation sites excluding steroid dienone is 24. The zero-order valence-electron chi connectivity index (χ0n) is 48.3. The summed E-state index contributed by atoms with van der Waals surface area (Å²) < 4.78 is 16.8. The van der Waals surface area contributed by atoms with Crippen LogP contribution in [0.3, 0.4) is 0 Å². The highest BCUT2D eigenvalue weighted by Gasteiger charge is 2.19. The number of hydrogen-bond donors (Lipinski definition) is 0. The lowest BCUT2D eigenvalue weighted by molar-refractivity contribution is -0.167. The highest BCUT2D eigenvalue weighted by Crippen LogP contribution is 2.14. The predicted molar refractivity (Wildman–Crippen MR) is 325 cm³/mol. The monoisotopic (exact) mass is 1030 g/mol. The normalized spacial score (nSPS) is 13.2. The van der Waals surface area contributed by atoms with Crippen LogP contribution in [-0.2, 0) is 28.6 Å². The number of hydrogen-bond acceptors (Lipinski definition) is 6. The smallest absolute Gasteiger partial charge is 0.306 e. The number of esters is 3. The van der Waals surface area contributed by atoms with E-state index >= 15 is 0 Å². The van der Waals surface area contributed by atoms with E-state index in [2.05, 4.69) is 167 Å². The van der Waals surface area contributed by atoms with Gasteiger partial charge in [-0.25, -0.2) is 0 Å². The Morgan fingerprint density at radius 2 is 0.520 bits per heavy atom. The molecule has 0 radical (unpaired) electrons. The second-order valence-corrected chi connectivity index (χ2v) is 19.5. The molecular formula is C69H110O6. The maximum absolute atomic E-state index is 12.9. The van der Waals surface area contributed by atoms with Gasteiger partial charge in [0, 0.05) is 19.3 Å². The van der Waals surface area contributed by atoms with Gasteiger partial charge in [-0.15, -0.1) is 0 Å². The Balaban J connectivity index is 4.49. The van der Waals surface area contributed by atoms with Gasteiger partial charge < -0.3 is 14.2 Å². The Morgan fingerprint density at radius 1 is 0.280 bits per heavy atom. The molecular weight excluding hydrogens is 925 g/mol. The molecule has 0 saturated heterocycles. The first kappa shape index (κ1) is 70.3. The molecule has 0 bridgehead atoms.